The van der Waals surface area contributed by atoms with Crippen LogP contribution in [0.4, 0.5) is 24.8 Å². The summed E-state index contributed by atoms with van der Waals surface area (Å²) in [7, 11) is -2.83. The topological polar surface area (TPSA) is 94.2 Å². The second-order valence-electron chi connectivity index (χ2n) is 6.43. The van der Waals surface area contributed by atoms with E-state index in [1.165, 1.54) is 6.26 Å². The molecule has 0 saturated carbocycles. The molecule has 6 nitrogen and oxygen atoms in total. The number of hydrogen-bond donors (Lipinski definition) is 3. The number of hydrogen-bond acceptors (Lipinski definition) is 5. The lowest BCUT2D eigenvalue weighted by Gasteiger charge is -2.17. The molecule has 0 radical (unpaired) electrons. The van der Waals surface area contributed by atoms with Crippen molar-refractivity contribution >= 4 is 33.3 Å². The Morgan fingerprint density at radius 3 is 2.67 bits per heavy atom. The summed E-state index contributed by atoms with van der Waals surface area (Å²) in [6, 6.07) is 7.51. The van der Waals surface area contributed by atoms with Crippen LogP contribution in [0.1, 0.15) is 5.56 Å². The Bertz CT molecular complexity index is 1210. The summed E-state index contributed by atoms with van der Waals surface area (Å²) in [4.78, 5) is 7.81. The first kappa shape index (κ1) is 21.7. The van der Waals surface area contributed by atoms with E-state index in [9.17, 15) is 17.7 Å². The molecule has 2 N–H and O–H groups in total. The third kappa shape index (κ3) is 5.33. The number of halogens is 4. The number of thiol groups is 1. The Morgan fingerprint density at radius 2 is 1.97 bits per heavy atom. The minimum atomic E-state index is -2.83. The second-order valence-corrected chi connectivity index (χ2v) is 9.56. The van der Waals surface area contributed by atoms with Crippen LogP contribution in [-0.4, -0.2) is 20.8 Å². The Balaban J connectivity index is 1.94. The Morgan fingerprint density at radius 1 is 1.20 bits per heavy atom. The normalized spacial score (nSPS) is 11.6. The summed E-state index contributed by atoms with van der Waals surface area (Å²) >= 11 is 6.12. The minimum Gasteiger partial charge on any atom is -0.343 e. The maximum absolute atomic E-state index is 14.2. The number of nitrogens with one attached hydrogen (secondary N) is 1. The molecule has 0 amide bonds. The molecule has 30 heavy (non-hydrogen) atoms. The number of rotatable bonds is 5. The maximum atomic E-state index is 14.2. The van der Waals surface area contributed by atoms with Gasteiger partial charge in [0.1, 0.15) is 17.3 Å². The van der Waals surface area contributed by atoms with E-state index in [0.29, 0.717) is 22.3 Å². The Hall–Kier alpha value is -3.00. The molecule has 3 rings (SSSR count). The van der Waals surface area contributed by atoms with Gasteiger partial charge in [-0.15, -0.1) is 4.36 Å². The molecule has 156 valence electrons. The Labute approximate surface area is 176 Å². The van der Waals surface area contributed by atoms with E-state index in [4.69, 9.17) is 16.9 Å². The van der Waals surface area contributed by atoms with Crippen LogP contribution >= 0.6 is 11.6 Å². The smallest absolute Gasteiger partial charge is 0.227 e. The molecule has 0 unspecified atom stereocenters. The van der Waals surface area contributed by atoms with Crippen molar-refractivity contribution in [3.63, 3.8) is 0 Å². The van der Waals surface area contributed by atoms with Crippen molar-refractivity contribution in [2.45, 2.75) is 5.75 Å². The quantitative estimate of drug-likeness (QED) is 0.368. The second kappa shape index (κ2) is 8.79. The molecule has 1 aromatic heterocycles. The Kier molecular flexibility index (Phi) is 6.36. The molecule has 0 bridgehead atoms. The van der Waals surface area contributed by atoms with Gasteiger partial charge >= 0.3 is 0 Å². The highest BCUT2D eigenvalue weighted by Crippen LogP contribution is 2.27. The van der Waals surface area contributed by atoms with Crippen molar-refractivity contribution in [3.8, 4) is 17.5 Å². The predicted molar refractivity (Wildman–Crippen MR) is 111 cm³/mol. The van der Waals surface area contributed by atoms with Crippen molar-refractivity contribution < 1.29 is 17.7 Å². The number of anilines is 2. The fraction of sp³-hybridized carbons (Fsp3) is 0.105. The number of benzene rings is 2. The fourth-order valence-corrected chi connectivity index (χ4v) is 4.11. The first-order valence-electron chi connectivity index (χ1n) is 8.41. The molecule has 0 atom stereocenters. The molecule has 2 aromatic carbocycles. The summed E-state index contributed by atoms with van der Waals surface area (Å²) in [6.45, 7) is 0. The van der Waals surface area contributed by atoms with Crippen LogP contribution in [0.25, 0.3) is 11.3 Å². The molecule has 0 saturated heterocycles. The average molecular weight is 454 g/mol. The van der Waals surface area contributed by atoms with E-state index in [0.717, 1.165) is 18.3 Å². The number of nitriles is 1. The maximum Gasteiger partial charge on any atom is 0.227 e. The van der Waals surface area contributed by atoms with Crippen LogP contribution in [0, 0.1) is 28.9 Å². The van der Waals surface area contributed by atoms with Crippen LogP contribution in [0.15, 0.2) is 47.0 Å². The van der Waals surface area contributed by atoms with Crippen molar-refractivity contribution in [3.05, 3.63) is 70.6 Å². The predicted octanol–water partition coefficient (Wildman–Crippen LogP) is 5.11. The third-order valence-electron chi connectivity index (χ3n) is 3.89. The molecule has 1 heterocycles. The summed E-state index contributed by atoms with van der Waals surface area (Å²) < 4.78 is 55.1. The molecular weight excluding hydrogens is 439 g/mol. The zero-order valence-electron chi connectivity index (χ0n) is 15.4. The van der Waals surface area contributed by atoms with Gasteiger partial charge in [0.05, 0.1) is 6.20 Å². The molecule has 0 aliphatic heterocycles. The van der Waals surface area contributed by atoms with Gasteiger partial charge in [0.15, 0.2) is 5.82 Å². The van der Waals surface area contributed by atoms with Gasteiger partial charge in [-0.2, -0.15) is 5.26 Å². The highest BCUT2D eigenvalue weighted by Gasteiger charge is 2.15. The van der Waals surface area contributed by atoms with Crippen LogP contribution in [0.5, 0.6) is 0 Å². The molecule has 0 aliphatic carbocycles. The van der Waals surface area contributed by atoms with Gasteiger partial charge in [-0.05, 0) is 42.2 Å². The first-order chi connectivity index (χ1) is 14.2. The zero-order chi connectivity index (χ0) is 21.9. The minimum absolute atomic E-state index is 0.0494. The fourth-order valence-electron chi connectivity index (χ4n) is 2.72. The third-order valence-corrected chi connectivity index (χ3v) is 5.59. The number of nitrogens with zero attached hydrogens (tertiary/aromatic N) is 4. The molecule has 0 spiro atoms. The number of aromatic nitrogens is 2. The molecule has 0 fully saturated rings. The summed E-state index contributed by atoms with van der Waals surface area (Å²) in [5.74, 6) is -2.57. The lowest BCUT2D eigenvalue weighted by Crippen LogP contribution is -2.10. The molecule has 0 aliphatic rings. The van der Waals surface area contributed by atoms with E-state index in [-0.39, 0.29) is 23.0 Å². The van der Waals surface area contributed by atoms with E-state index in [1.807, 2.05) is 0 Å². The van der Waals surface area contributed by atoms with Crippen molar-refractivity contribution in [2.24, 2.45) is 4.36 Å². The standard InChI is InChI=1S/C19H15ClF3N5OS/c1-30(29,26-10-24)9-11-4-12(20)6-14(5-11)27-19-25-8-17(23)18(28-19)15-3-2-13(21)7-16(15)22/h2-8,30H,9H2,1H3,(H,26,29)(H,25,27,28). The summed E-state index contributed by atoms with van der Waals surface area (Å²) in [5, 5.41) is 11.8. The van der Waals surface area contributed by atoms with E-state index in [2.05, 4.69) is 19.6 Å². The lowest BCUT2D eigenvalue weighted by molar-refractivity contribution is 0.580. The molecular formula is C19H15ClF3N5OS. The average Bonchev–Trinajstić information content (AvgIpc) is 2.62. The van der Waals surface area contributed by atoms with Gasteiger partial charge in [0.2, 0.25) is 12.1 Å². The van der Waals surface area contributed by atoms with Crippen LogP contribution < -0.4 is 5.32 Å². The molecule has 11 heteroatoms. The summed E-state index contributed by atoms with van der Waals surface area (Å²) in [5.41, 5.74) is 0.472. The van der Waals surface area contributed by atoms with Crippen LogP contribution in [0.2, 0.25) is 5.02 Å². The van der Waals surface area contributed by atoms with Gasteiger partial charge in [-0.25, -0.2) is 23.1 Å². The zero-order valence-corrected chi connectivity index (χ0v) is 17.1. The molecule has 3 aromatic rings. The van der Waals surface area contributed by atoms with E-state index >= 15 is 0 Å². The van der Waals surface area contributed by atoms with Gasteiger partial charge in [0, 0.05) is 28.1 Å². The van der Waals surface area contributed by atoms with Gasteiger partial charge < -0.3 is 9.87 Å². The van der Waals surface area contributed by atoms with E-state index < -0.39 is 27.6 Å². The van der Waals surface area contributed by atoms with Gasteiger partial charge in [0.25, 0.3) is 0 Å². The first-order valence-corrected chi connectivity index (χ1v) is 11.1. The van der Waals surface area contributed by atoms with E-state index in [1.54, 1.807) is 24.4 Å². The van der Waals surface area contributed by atoms with Crippen LogP contribution in [-0.2, 0) is 15.9 Å². The van der Waals surface area contributed by atoms with Crippen molar-refractivity contribution in [1.82, 2.24) is 9.97 Å². The van der Waals surface area contributed by atoms with Gasteiger partial charge in [-0.3, -0.25) is 0 Å². The van der Waals surface area contributed by atoms with Crippen LogP contribution in [0.3, 0.4) is 0 Å². The monoisotopic (exact) mass is 453 g/mol. The largest absolute Gasteiger partial charge is 0.343 e. The van der Waals surface area contributed by atoms with Gasteiger partial charge in [-0.1, -0.05) is 21.7 Å². The van der Waals surface area contributed by atoms with Crippen molar-refractivity contribution in [2.75, 3.05) is 11.6 Å². The lowest BCUT2D eigenvalue weighted by atomic mass is 10.1. The highest BCUT2D eigenvalue weighted by molar-refractivity contribution is 7.98. The summed E-state index contributed by atoms with van der Waals surface area (Å²) in [6.07, 6.45) is 3.94. The highest BCUT2D eigenvalue weighted by atomic mass is 35.5. The van der Waals surface area contributed by atoms with Crippen molar-refractivity contribution in [1.29, 1.82) is 5.26 Å². The SMILES string of the molecule is C[SH](O)(Cc1cc(Cl)cc(Nc2ncc(F)c(-c3ccc(F)cc3F)n2)c1)=NC#N.